The van der Waals surface area contributed by atoms with Crippen LogP contribution in [0.1, 0.15) is 41.5 Å². The fraction of sp³-hybridized carbons (Fsp3) is 0.583. The van der Waals surface area contributed by atoms with E-state index in [1.807, 2.05) is 13.1 Å². The van der Waals surface area contributed by atoms with E-state index in [1.165, 1.54) is 11.1 Å². The summed E-state index contributed by atoms with van der Waals surface area (Å²) in [5.74, 6) is 0.491. The first kappa shape index (κ1) is 12.2. The number of rotatable bonds is 3. The van der Waals surface area contributed by atoms with Gasteiger partial charge in [0.15, 0.2) is 0 Å². The van der Waals surface area contributed by atoms with E-state index in [1.54, 1.807) is 0 Å². The largest absolute Gasteiger partial charge is 0.266 e. The quantitative estimate of drug-likeness (QED) is 0.459. The van der Waals surface area contributed by atoms with E-state index in [4.69, 9.17) is 0 Å². The Labute approximate surface area is 82.3 Å². The van der Waals surface area contributed by atoms with E-state index in [9.17, 15) is 0 Å². The van der Waals surface area contributed by atoms with Gasteiger partial charge in [-0.1, -0.05) is 25.0 Å². The highest BCUT2D eigenvalue weighted by molar-refractivity contribution is 5.55. The van der Waals surface area contributed by atoms with E-state index < -0.39 is 0 Å². The summed E-state index contributed by atoms with van der Waals surface area (Å²) >= 11 is 0. The van der Waals surface area contributed by atoms with Crippen LogP contribution in [-0.4, -0.2) is 6.21 Å². The average molecular weight is 179 g/mol. The zero-order valence-corrected chi connectivity index (χ0v) is 9.68. The topological polar surface area (TPSA) is 12.4 Å². The average Bonchev–Trinajstić information content (AvgIpc) is 2.03. The first-order valence-corrected chi connectivity index (χ1v) is 4.83. The molecule has 0 aliphatic carbocycles. The molecule has 0 saturated heterocycles. The van der Waals surface area contributed by atoms with Gasteiger partial charge < -0.3 is 0 Å². The van der Waals surface area contributed by atoms with Crippen molar-refractivity contribution in [3.05, 3.63) is 22.9 Å². The zero-order valence-electron chi connectivity index (χ0n) is 9.68. The van der Waals surface area contributed by atoms with Crippen molar-refractivity contribution < 1.29 is 0 Å². The Kier molecular flexibility index (Phi) is 5.36. The summed E-state index contributed by atoms with van der Waals surface area (Å²) < 4.78 is 0. The van der Waals surface area contributed by atoms with Gasteiger partial charge in [0.1, 0.15) is 0 Å². The van der Waals surface area contributed by atoms with Crippen LogP contribution in [0.15, 0.2) is 27.9 Å². The summed E-state index contributed by atoms with van der Waals surface area (Å²) in [6.45, 7) is 12.7. The van der Waals surface area contributed by atoms with Crippen LogP contribution in [0.2, 0.25) is 0 Å². The highest BCUT2D eigenvalue weighted by Gasteiger charge is 2.00. The van der Waals surface area contributed by atoms with E-state index in [2.05, 4.69) is 45.7 Å². The third-order valence-electron chi connectivity index (χ3n) is 2.02. The summed E-state index contributed by atoms with van der Waals surface area (Å²) in [4.78, 5) is 4.35. The zero-order chi connectivity index (χ0) is 10.4. The lowest BCUT2D eigenvalue weighted by Gasteiger charge is -2.06. The molecule has 0 N–H and O–H groups in total. The molecule has 1 nitrogen and oxygen atoms in total. The monoisotopic (exact) mass is 179 g/mol. The molecule has 0 rings (SSSR count). The maximum atomic E-state index is 4.35. The predicted octanol–water partition coefficient (Wildman–Crippen LogP) is 3.97. The molecule has 0 radical (unpaired) electrons. The molecule has 74 valence electrons. The Bertz CT molecular complexity index is 238. The molecule has 0 aromatic carbocycles. The second-order valence-electron chi connectivity index (χ2n) is 3.79. The molecule has 0 unspecified atom stereocenters. The van der Waals surface area contributed by atoms with E-state index >= 15 is 0 Å². The summed E-state index contributed by atoms with van der Waals surface area (Å²) in [6.07, 6.45) is 4.02. The minimum atomic E-state index is 0.491. The van der Waals surface area contributed by atoms with Gasteiger partial charge in [0.2, 0.25) is 0 Å². The van der Waals surface area contributed by atoms with Gasteiger partial charge in [-0.25, -0.2) is 0 Å². The molecule has 0 amide bonds. The third kappa shape index (κ3) is 4.66. The van der Waals surface area contributed by atoms with Crippen molar-refractivity contribution in [3.8, 4) is 0 Å². The Balaban J connectivity index is 4.84. The molecule has 0 spiro atoms. The number of nitrogens with zero attached hydrogens (tertiary/aromatic N) is 1. The molecule has 0 atom stereocenters. The molecular weight excluding hydrogens is 158 g/mol. The van der Waals surface area contributed by atoms with Crippen LogP contribution in [0.5, 0.6) is 0 Å². The molecule has 0 aromatic heterocycles. The Morgan fingerprint density at radius 2 is 1.69 bits per heavy atom. The Morgan fingerprint density at radius 3 is 2.00 bits per heavy atom. The number of allylic oxidation sites excluding steroid dienone is 4. The van der Waals surface area contributed by atoms with Gasteiger partial charge >= 0.3 is 0 Å². The van der Waals surface area contributed by atoms with Crippen molar-refractivity contribution in [2.45, 2.75) is 41.5 Å². The standard InChI is InChI=1S/C12H21N/c1-7-13-12(10(4)5)8-11(6)9(2)3/h7-8,10H,1-6H3/b12-8-,13-7?. The van der Waals surface area contributed by atoms with Crippen LogP contribution in [0.3, 0.4) is 0 Å². The molecule has 0 bridgehead atoms. The number of aliphatic imine (C=N–C) groups is 1. The van der Waals surface area contributed by atoms with Crippen molar-refractivity contribution in [1.82, 2.24) is 0 Å². The lowest BCUT2D eigenvalue weighted by Crippen LogP contribution is -1.92. The molecule has 0 aliphatic rings. The van der Waals surface area contributed by atoms with Crippen molar-refractivity contribution in [2.75, 3.05) is 0 Å². The van der Waals surface area contributed by atoms with Crippen molar-refractivity contribution in [1.29, 1.82) is 0 Å². The van der Waals surface area contributed by atoms with Gasteiger partial charge in [-0.05, 0) is 39.7 Å². The van der Waals surface area contributed by atoms with Crippen LogP contribution < -0.4 is 0 Å². The highest BCUT2D eigenvalue weighted by Crippen LogP contribution is 2.15. The Morgan fingerprint density at radius 1 is 1.15 bits per heavy atom. The summed E-state index contributed by atoms with van der Waals surface area (Å²) in [5.41, 5.74) is 3.82. The summed E-state index contributed by atoms with van der Waals surface area (Å²) in [6, 6.07) is 0. The van der Waals surface area contributed by atoms with E-state index in [0.29, 0.717) is 5.92 Å². The second kappa shape index (κ2) is 5.74. The van der Waals surface area contributed by atoms with Crippen LogP contribution >= 0.6 is 0 Å². The first-order valence-electron chi connectivity index (χ1n) is 4.83. The fourth-order valence-corrected chi connectivity index (χ4v) is 0.868. The van der Waals surface area contributed by atoms with Crippen molar-refractivity contribution in [2.24, 2.45) is 10.9 Å². The van der Waals surface area contributed by atoms with E-state index in [-0.39, 0.29) is 0 Å². The van der Waals surface area contributed by atoms with Gasteiger partial charge in [-0.2, -0.15) is 0 Å². The van der Waals surface area contributed by atoms with Crippen LogP contribution in [0.25, 0.3) is 0 Å². The summed E-state index contributed by atoms with van der Waals surface area (Å²) in [7, 11) is 0. The fourth-order valence-electron chi connectivity index (χ4n) is 0.868. The molecule has 0 aromatic rings. The SMILES string of the molecule is CC=N/C(=C\C(C)=C(C)C)C(C)C. The van der Waals surface area contributed by atoms with Crippen molar-refractivity contribution in [3.63, 3.8) is 0 Å². The van der Waals surface area contributed by atoms with Crippen molar-refractivity contribution >= 4 is 6.21 Å². The highest BCUT2D eigenvalue weighted by atomic mass is 14.7. The molecule has 0 heterocycles. The molecule has 13 heavy (non-hydrogen) atoms. The number of hydrogen-bond acceptors (Lipinski definition) is 1. The lowest BCUT2D eigenvalue weighted by atomic mass is 10.1. The van der Waals surface area contributed by atoms with Gasteiger partial charge in [0.05, 0.1) is 0 Å². The smallest absolute Gasteiger partial charge is 0.0427 e. The normalized spacial score (nSPS) is 12.7. The minimum absolute atomic E-state index is 0.491. The molecular formula is C12H21N. The van der Waals surface area contributed by atoms with Gasteiger partial charge in [-0.15, -0.1) is 0 Å². The maximum absolute atomic E-state index is 4.35. The van der Waals surface area contributed by atoms with Gasteiger partial charge in [-0.3, -0.25) is 4.99 Å². The van der Waals surface area contributed by atoms with Crippen LogP contribution in [-0.2, 0) is 0 Å². The van der Waals surface area contributed by atoms with Crippen LogP contribution in [0, 0.1) is 5.92 Å². The van der Waals surface area contributed by atoms with Crippen LogP contribution in [0.4, 0.5) is 0 Å². The second-order valence-corrected chi connectivity index (χ2v) is 3.79. The molecule has 0 fully saturated rings. The molecule has 0 aliphatic heterocycles. The van der Waals surface area contributed by atoms with Gasteiger partial charge in [0, 0.05) is 11.9 Å². The summed E-state index contributed by atoms with van der Waals surface area (Å²) in [5, 5.41) is 0. The third-order valence-corrected chi connectivity index (χ3v) is 2.02. The predicted molar refractivity (Wildman–Crippen MR) is 61.1 cm³/mol. The lowest BCUT2D eigenvalue weighted by molar-refractivity contribution is 0.757. The van der Waals surface area contributed by atoms with E-state index in [0.717, 1.165) is 5.70 Å². The number of hydrogen-bond donors (Lipinski definition) is 0. The minimum Gasteiger partial charge on any atom is -0.266 e. The van der Waals surface area contributed by atoms with Gasteiger partial charge in [0.25, 0.3) is 0 Å². The molecule has 1 heteroatoms. The molecule has 0 saturated carbocycles. The first-order chi connectivity index (χ1) is 5.99. The Hall–Kier alpha value is -0.850. The maximum Gasteiger partial charge on any atom is 0.0427 e.